The van der Waals surface area contributed by atoms with E-state index < -0.39 is 23.5 Å². The van der Waals surface area contributed by atoms with E-state index in [1.165, 1.54) is 20.8 Å². The van der Waals surface area contributed by atoms with Crippen LogP contribution in [0, 0.1) is 18.7 Å². The number of benzene rings is 1. The summed E-state index contributed by atoms with van der Waals surface area (Å²) in [5, 5.41) is 17.3. The summed E-state index contributed by atoms with van der Waals surface area (Å²) >= 11 is 0. The molecule has 5 aliphatic rings. The molecule has 24 heteroatoms. The number of hydrogen-bond acceptors (Lipinski definition) is 17. The molecule has 6 aromatic rings. The fourth-order valence-electron chi connectivity index (χ4n) is 10.2. The quantitative estimate of drug-likeness (QED) is 0.185. The van der Waals surface area contributed by atoms with Crippen molar-refractivity contribution in [3.8, 4) is 28.5 Å². The van der Waals surface area contributed by atoms with Gasteiger partial charge in [0.15, 0.2) is 41.2 Å². The van der Waals surface area contributed by atoms with E-state index in [4.69, 9.17) is 34.8 Å². The molecule has 1 saturated carbocycles. The van der Waals surface area contributed by atoms with Crippen LogP contribution in [0.25, 0.3) is 44.7 Å². The zero-order valence-electron chi connectivity index (χ0n) is 40.9. The van der Waals surface area contributed by atoms with E-state index in [0.29, 0.717) is 106 Å². The Morgan fingerprint density at radius 3 is 2.42 bits per heavy atom. The van der Waals surface area contributed by atoms with Crippen molar-refractivity contribution in [1.82, 2.24) is 64.7 Å². The highest BCUT2D eigenvalue weighted by molar-refractivity contribution is 6.09. The molecule has 5 amide bonds. The number of aromatic nitrogens is 9. The first-order valence-corrected chi connectivity index (χ1v) is 24.5. The third-order valence-electron chi connectivity index (χ3n) is 14.3. The Kier molecular flexibility index (Phi) is 11.9. The van der Waals surface area contributed by atoms with E-state index in [1.807, 2.05) is 37.3 Å². The number of nitrogens with zero attached hydrogens (tertiary/aromatic N) is 14. The third kappa shape index (κ3) is 8.74. The first-order chi connectivity index (χ1) is 34.6. The van der Waals surface area contributed by atoms with Gasteiger partial charge in [-0.2, -0.15) is 10.2 Å². The molecular formula is C48H57FN16O7. The van der Waals surface area contributed by atoms with Crippen molar-refractivity contribution >= 4 is 63.2 Å². The summed E-state index contributed by atoms with van der Waals surface area (Å²) < 4.78 is 37.0. The maximum absolute atomic E-state index is 16.1. The second-order valence-electron chi connectivity index (χ2n) is 20.4. The van der Waals surface area contributed by atoms with E-state index in [0.717, 1.165) is 45.3 Å². The first-order valence-electron chi connectivity index (χ1n) is 24.5. The zero-order valence-corrected chi connectivity index (χ0v) is 40.9. The first kappa shape index (κ1) is 46.9. The highest BCUT2D eigenvalue weighted by Crippen LogP contribution is 2.48. The Morgan fingerprint density at radius 2 is 1.71 bits per heavy atom. The van der Waals surface area contributed by atoms with Gasteiger partial charge in [-0.05, 0) is 71.4 Å². The fourth-order valence-corrected chi connectivity index (χ4v) is 10.2. The average Bonchev–Trinajstić information content (AvgIpc) is 3.81. The summed E-state index contributed by atoms with van der Waals surface area (Å²) in [5.41, 5.74) is 9.54. The lowest BCUT2D eigenvalue weighted by atomic mass is 9.96. The van der Waals surface area contributed by atoms with Crippen LogP contribution in [0.2, 0.25) is 0 Å². The molecule has 4 aliphatic heterocycles. The molecule has 0 atom stereocenters. The van der Waals surface area contributed by atoms with Crippen molar-refractivity contribution in [1.29, 1.82) is 0 Å². The topological polar surface area (TPSA) is 254 Å². The molecule has 4 saturated heterocycles. The molecule has 11 rings (SSSR count). The molecule has 5 fully saturated rings. The van der Waals surface area contributed by atoms with Crippen LogP contribution in [0.3, 0.4) is 0 Å². The number of anilines is 3. The molecule has 1 aliphatic carbocycles. The molecule has 0 unspecified atom stereocenters. The number of amides is 5. The molecule has 1 aromatic carbocycles. The summed E-state index contributed by atoms with van der Waals surface area (Å²) in [7, 11) is 1.65. The van der Waals surface area contributed by atoms with Crippen molar-refractivity contribution in [2.45, 2.75) is 77.4 Å². The smallest absolute Gasteiger partial charge is 0.410 e. The number of ether oxygens (including phenoxy) is 2. The fraction of sp³-hybridized carbons (Fsp3) is 0.521. The Labute approximate surface area is 412 Å². The SMILES string of the molecule is Cc1nc(-c2c(-c3nn(C(C)(C)C)c4ncnc(N)c34)noc2C2CC2)ncc1OC1CN(C(=O)OCC(=O)N2CCC(CN3CCN(c4ccc5c(N6CCC(=O)NC6=O)nn(C)c5c4F)CC3)CC2)C1. The Bertz CT molecular complexity index is 3120. The van der Waals surface area contributed by atoms with Crippen LogP contribution in [0.1, 0.15) is 70.2 Å². The minimum atomic E-state index is -0.573. The van der Waals surface area contributed by atoms with Crippen LogP contribution < -0.4 is 25.6 Å². The molecular weight excluding hydrogens is 932 g/mol. The molecule has 0 bridgehead atoms. The van der Waals surface area contributed by atoms with E-state index in [1.54, 1.807) is 30.3 Å². The van der Waals surface area contributed by atoms with Gasteiger partial charge >= 0.3 is 12.1 Å². The van der Waals surface area contributed by atoms with Gasteiger partial charge in [0.1, 0.15) is 35.2 Å². The minimum absolute atomic E-state index is 0.148. The number of carbonyl (C=O) groups is 4. The highest BCUT2D eigenvalue weighted by Gasteiger charge is 2.39. The van der Waals surface area contributed by atoms with Crippen LogP contribution in [-0.2, 0) is 26.9 Å². The molecule has 378 valence electrons. The molecule has 72 heavy (non-hydrogen) atoms. The largest absolute Gasteiger partial charge is 0.483 e. The van der Waals surface area contributed by atoms with E-state index in [2.05, 4.69) is 30.4 Å². The number of fused-ring (bicyclic) bond motifs is 2. The zero-order chi connectivity index (χ0) is 50.2. The normalized spacial score (nSPS) is 18.6. The molecule has 0 spiro atoms. The maximum Gasteiger partial charge on any atom is 0.410 e. The number of aryl methyl sites for hydroxylation is 2. The van der Waals surface area contributed by atoms with Crippen LogP contribution in [0.4, 0.5) is 31.3 Å². The number of nitrogens with two attached hydrogens (primary N) is 1. The van der Waals surface area contributed by atoms with Crippen LogP contribution in [0.5, 0.6) is 5.75 Å². The predicted molar refractivity (Wildman–Crippen MR) is 259 cm³/mol. The van der Waals surface area contributed by atoms with Gasteiger partial charge in [-0.25, -0.2) is 38.6 Å². The second-order valence-corrected chi connectivity index (χ2v) is 20.4. The van der Waals surface area contributed by atoms with Crippen molar-refractivity contribution in [3.63, 3.8) is 0 Å². The van der Waals surface area contributed by atoms with Crippen LogP contribution in [0.15, 0.2) is 29.2 Å². The van der Waals surface area contributed by atoms with E-state index in [-0.39, 0.29) is 62.3 Å². The lowest BCUT2D eigenvalue weighted by Gasteiger charge is -2.40. The molecule has 5 aromatic heterocycles. The summed E-state index contributed by atoms with van der Waals surface area (Å²) in [6, 6.07) is 2.97. The number of carbonyl (C=O) groups excluding carboxylic acids is 4. The Morgan fingerprint density at radius 1 is 0.944 bits per heavy atom. The van der Waals surface area contributed by atoms with Gasteiger partial charge < -0.3 is 34.4 Å². The number of likely N-dealkylation sites (tertiary alicyclic amines) is 2. The molecule has 23 nitrogen and oxygen atoms in total. The standard InChI is InChI=1S/C48H57FN16O7/c1-26-32(20-51-43(54-26)35-39(58-72-41(35)28-6-7-28)38-36-42(50)52-25-53-45(36)65(56-38)48(2,3)4)71-29-22-63(23-29)47(69)70-24-34(67)62-13-10-27(11-14-62)21-60-16-18-61(19-17-60)31-9-8-30-40(37(31)49)59(5)57-44(30)64-15-12-33(66)55-46(64)68/h8-9,20,25,27-29H,6-7,10-19,21-24H2,1-5H3,(H2,50,52,53)(H,55,66,68). The average molecular weight is 989 g/mol. The highest BCUT2D eigenvalue weighted by atomic mass is 19.1. The third-order valence-corrected chi connectivity index (χ3v) is 14.3. The molecule has 3 N–H and O–H groups in total. The predicted octanol–water partition coefficient (Wildman–Crippen LogP) is 4.19. The van der Waals surface area contributed by atoms with Crippen molar-refractivity contribution in [3.05, 3.63) is 41.9 Å². The summed E-state index contributed by atoms with van der Waals surface area (Å²) in [6.45, 7) is 13.2. The van der Waals surface area contributed by atoms with Gasteiger partial charge in [-0.3, -0.25) is 29.4 Å². The number of piperazine rings is 1. The lowest BCUT2D eigenvalue weighted by molar-refractivity contribution is -0.136. The number of piperidine rings is 1. The van der Waals surface area contributed by atoms with Crippen molar-refractivity contribution in [2.24, 2.45) is 13.0 Å². The van der Waals surface area contributed by atoms with Gasteiger partial charge in [-0.15, -0.1) is 0 Å². The van der Waals surface area contributed by atoms with Gasteiger partial charge in [0.2, 0.25) is 5.91 Å². The number of urea groups is 1. The number of hydrogen-bond donors (Lipinski definition) is 2. The van der Waals surface area contributed by atoms with Gasteiger partial charge in [-0.1, -0.05) is 5.16 Å². The number of imide groups is 1. The number of rotatable bonds is 11. The van der Waals surface area contributed by atoms with Gasteiger partial charge in [0, 0.05) is 77.1 Å². The lowest BCUT2D eigenvalue weighted by Crippen LogP contribution is -2.56. The van der Waals surface area contributed by atoms with Crippen LogP contribution in [-0.4, -0.2) is 161 Å². The molecule has 0 radical (unpaired) electrons. The summed E-state index contributed by atoms with van der Waals surface area (Å²) in [4.78, 5) is 77.7. The van der Waals surface area contributed by atoms with Crippen molar-refractivity contribution in [2.75, 3.05) is 87.6 Å². The van der Waals surface area contributed by atoms with Crippen LogP contribution >= 0.6 is 0 Å². The molecule has 9 heterocycles. The summed E-state index contributed by atoms with van der Waals surface area (Å²) in [6.07, 6.45) is 5.88. The van der Waals surface area contributed by atoms with Gasteiger partial charge in [0.25, 0.3) is 5.91 Å². The number of nitrogen functional groups attached to an aromatic ring is 1. The van der Waals surface area contributed by atoms with E-state index in [9.17, 15) is 19.2 Å². The Hall–Kier alpha value is -7.50. The Balaban J connectivity index is 0.631. The monoisotopic (exact) mass is 988 g/mol. The number of halogens is 1. The minimum Gasteiger partial charge on any atom is -0.483 e. The van der Waals surface area contributed by atoms with Gasteiger partial charge in [0.05, 0.1) is 47.2 Å². The number of nitrogens with one attached hydrogen (secondary N) is 1. The second kappa shape index (κ2) is 18.3. The maximum atomic E-state index is 16.1. The van der Waals surface area contributed by atoms with E-state index >= 15 is 4.39 Å². The van der Waals surface area contributed by atoms with Crippen molar-refractivity contribution < 1.29 is 37.6 Å². The summed E-state index contributed by atoms with van der Waals surface area (Å²) in [5.74, 6) is 1.79.